The molecule has 136 valence electrons. The second-order valence-corrected chi connectivity index (χ2v) is 7.80. The van der Waals surface area contributed by atoms with Crippen LogP contribution in [-0.4, -0.2) is 43.2 Å². The number of imidazole rings is 1. The van der Waals surface area contributed by atoms with E-state index in [0.717, 1.165) is 34.6 Å². The lowest BCUT2D eigenvalue weighted by molar-refractivity contribution is 0.0777. The molecule has 0 saturated carbocycles. The smallest absolute Gasteiger partial charge is 0.272 e. The fourth-order valence-corrected chi connectivity index (χ4v) is 4.48. The lowest BCUT2D eigenvalue weighted by Crippen LogP contribution is -2.30. The molecular formula is C20H19N5OS. The van der Waals surface area contributed by atoms with Crippen molar-refractivity contribution in [2.45, 2.75) is 12.5 Å². The lowest BCUT2D eigenvalue weighted by atomic mass is 10.2. The van der Waals surface area contributed by atoms with Crippen molar-refractivity contribution in [1.29, 1.82) is 0 Å². The Hall–Kier alpha value is -2.93. The summed E-state index contributed by atoms with van der Waals surface area (Å²) < 4.78 is 3.89. The van der Waals surface area contributed by atoms with Crippen LogP contribution < -0.4 is 0 Å². The summed E-state index contributed by atoms with van der Waals surface area (Å²) in [4.78, 5) is 20.6. The van der Waals surface area contributed by atoms with Crippen molar-refractivity contribution in [2.24, 2.45) is 7.05 Å². The number of likely N-dealkylation sites (tertiary alicyclic amines) is 1. The first-order valence-corrected chi connectivity index (χ1v) is 9.87. The SMILES string of the molecule is Cn1nc(-c2cccs2)cc1C(=O)N1CCC(n2cnc3ccccc32)C1. The maximum absolute atomic E-state index is 13.1. The number of hydrogen-bond acceptors (Lipinski definition) is 4. The molecule has 1 atom stereocenters. The Labute approximate surface area is 160 Å². The number of thiophene rings is 1. The Morgan fingerprint density at radius 3 is 2.96 bits per heavy atom. The zero-order valence-corrected chi connectivity index (χ0v) is 15.8. The Bertz CT molecular complexity index is 1110. The summed E-state index contributed by atoms with van der Waals surface area (Å²) in [6.45, 7) is 1.44. The van der Waals surface area contributed by atoms with Crippen LogP contribution in [0.25, 0.3) is 21.6 Å². The quantitative estimate of drug-likeness (QED) is 0.548. The predicted molar refractivity (Wildman–Crippen MR) is 106 cm³/mol. The van der Waals surface area contributed by atoms with E-state index >= 15 is 0 Å². The van der Waals surface area contributed by atoms with E-state index in [0.29, 0.717) is 12.2 Å². The molecule has 0 radical (unpaired) electrons. The molecule has 1 aliphatic rings. The highest BCUT2D eigenvalue weighted by Gasteiger charge is 2.30. The van der Waals surface area contributed by atoms with Gasteiger partial charge in [-0.15, -0.1) is 11.3 Å². The van der Waals surface area contributed by atoms with Crippen LogP contribution in [0.3, 0.4) is 0 Å². The standard InChI is InChI=1S/C20H19N5OS/c1-23-18(11-16(22-23)19-7-4-10-27-19)20(26)24-9-8-14(12-24)25-13-21-15-5-2-3-6-17(15)25/h2-7,10-11,13-14H,8-9,12H2,1H3. The first kappa shape index (κ1) is 16.3. The van der Waals surface area contributed by atoms with Crippen LogP contribution in [0.5, 0.6) is 0 Å². The number of carbonyl (C=O) groups is 1. The first-order valence-electron chi connectivity index (χ1n) is 8.99. The molecule has 1 unspecified atom stereocenters. The van der Waals surface area contributed by atoms with E-state index in [-0.39, 0.29) is 11.9 Å². The normalized spacial score (nSPS) is 17.1. The van der Waals surface area contributed by atoms with Gasteiger partial charge in [0, 0.05) is 20.1 Å². The summed E-state index contributed by atoms with van der Waals surface area (Å²) in [5.41, 5.74) is 3.61. The van der Waals surface area contributed by atoms with Gasteiger partial charge >= 0.3 is 0 Å². The van der Waals surface area contributed by atoms with Gasteiger partial charge in [0.2, 0.25) is 0 Å². The van der Waals surface area contributed by atoms with Gasteiger partial charge in [0.15, 0.2) is 0 Å². The molecule has 7 heteroatoms. The van der Waals surface area contributed by atoms with Crippen LogP contribution in [-0.2, 0) is 7.05 Å². The molecule has 4 aromatic rings. The minimum atomic E-state index is 0.0414. The number of carbonyl (C=O) groups excluding carboxylic acids is 1. The Morgan fingerprint density at radius 2 is 2.11 bits per heavy atom. The predicted octanol–water partition coefficient (Wildman–Crippen LogP) is 3.59. The number of rotatable bonds is 3. The van der Waals surface area contributed by atoms with E-state index in [1.807, 2.05) is 60.1 Å². The Kier molecular flexibility index (Phi) is 3.82. The molecule has 1 aromatic carbocycles. The fraction of sp³-hybridized carbons (Fsp3) is 0.250. The van der Waals surface area contributed by atoms with E-state index in [1.54, 1.807) is 16.0 Å². The van der Waals surface area contributed by atoms with Crippen molar-refractivity contribution >= 4 is 28.3 Å². The summed E-state index contributed by atoms with van der Waals surface area (Å²) in [5.74, 6) is 0.0414. The average Bonchev–Trinajstić information content (AvgIpc) is 3.45. The Balaban J connectivity index is 1.38. The van der Waals surface area contributed by atoms with Crippen LogP contribution in [0.15, 0.2) is 54.2 Å². The van der Waals surface area contributed by atoms with Crippen molar-refractivity contribution in [3.05, 3.63) is 59.9 Å². The summed E-state index contributed by atoms with van der Waals surface area (Å²) in [6, 6.07) is 14.3. The number of para-hydroxylation sites is 2. The van der Waals surface area contributed by atoms with E-state index in [9.17, 15) is 4.79 Å². The van der Waals surface area contributed by atoms with Crippen LogP contribution >= 0.6 is 11.3 Å². The molecule has 0 aliphatic carbocycles. The molecule has 0 bridgehead atoms. The second kappa shape index (κ2) is 6.35. The van der Waals surface area contributed by atoms with Gasteiger partial charge in [-0.2, -0.15) is 5.10 Å². The van der Waals surface area contributed by atoms with E-state index in [1.165, 1.54) is 0 Å². The number of benzene rings is 1. The summed E-state index contributed by atoms with van der Waals surface area (Å²) in [5, 5.41) is 6.54. The zero-order chi connectivity index (χ0) is 18.4. The number of nitrogens with zero attached hydrogens (tertiary/aromatic N) is 5. The number of fused-ring (bicyclic) bond motifs is 1. The molecule has 1 aliphatic heterocycles. The highest BCUT2D eigenvalue weighted by atomic mass is 32.1. The molecular weight excluding hydrogens is 358 g/mol. The first-order chi connectivity index (χ1) is 13.2. The van der Waals surface area contributed by atoms with Crippen LogP contribution in [0.2, 0.25) is 0 Å². The topological polar surface area (TPSA) is 56.0 Å². The van der Waals surface area contributed by atoms with Crippen LogP contribution in [0.1, 0.15) is 23.0 Å². The molecule has 1 amide bonds. The molecule has 4 heterocycles. The van der Waals surface area contributed by atoms with Gasteiger partial charge in [-0.25, -0.2) is 4.98 Å². The van der Waals surface area contributed by atoms with Crippen molar-refractivity contribution in [3.8, 4) is 10.6 Å². The fourth-order valence-electron chi connectivity index (χ4n) is 3.80. The van der Waals surface area contributed by atoms with Crippen molar-refractivity contribution < 1.29 is 4.79 Å². The molecule has 0 spiro atoms. The molecule has 1 fully saturated rings. The largest absolute Gasteiger partial charge is 0.335 e. The van der Waals surface area contributed by atoms with E-state index in [2.05, 4.69) is 20.7 Å². The number of hydrogen-bond donors (Lipinski definition) is 0. The maximum atomic E-state index is 13.1. The van der Waals surface area contributed by atoms with Gasteiger partial charge in [-0.05, 0) is 36.1 Å². The van der Waals surface area contributed by atoms with Gasteiger partial charge in [0.05, 0.1) is 28.3 Å². The third-order valence-corrected chi connectivity index (χ3v) is 6.09. The lowest BCUT2D eigenvalue weighted by Gasteiger charge is -2.17. The van der Waals surface area contributed by atoms with Crippen molar-refractivity contribution in [1.82, 2.24) is 24.2 Å². The van der Waals surface area contributed by atoms with Crippen LogP contribution in [0.4, 0.5) is 0 Å². The van der Waals surface area contributed by atoms with Gasteiger partial charge in [0.1, 0.15) is 11.4 Å². The minimum Gasteiger partial charge on any atom is -0.335 e. The average molecular weight is 377 g/mol. The minimum absolute atomic E-state index is 0.0414. The summed E-state index contributed by atoms with van der Waals surface area (Å²) >= 11 is 1.63. The van der Waals surface area contributed by atoms with E-state index < -0.39 is 0 Å². The monoisotopic (exact) mass is 377 g/mol. The van der Waals surface area contributed by atoms with Gasteiger partial charge in [-0.1, -0.05) is 18.2 Å². The molecule has 0 N–H and O–H groups in total. The maximum Gasteiger partial charge on any atom is 0.272 e. The Morgan fingerprint density at radius 1 is 1.22 bits per heavy atom. The third-order valence-electron chi connectivity index (χ3n) is 5.20. The number of aryl methyl sites for hydroxylation is 1. The summed E-state index contributed by atoms with van der Waals surface area (Å²) in [7, 11) is 1.83. The molecule has 6 nitrogen and oxygen atoms in total. The van der Waals surface area contributed by atoms with Crippen molar-refractivity contribution in [2.75, 3.05) is 13.1 Å². The van der Waals surface area contributed by atoms with Crippen LogP contribution in [0, 0.1) is 0 Å². The van der Waals surface area contributed by atoms with Crippen molar-refractivity contribution in [3.63, 3.8) is 0 Å². The second-order valence-electron chi connectivity index (χ2n) is 6.85. The molecule has 1 saturated heterocycles. The van der Waals surface area contributed by atoms with Gasteiger partial charge < -0.3 is 9.47 Å². The zero-order valence-electron chi connectivity index (χ0n) is 14.9. The van der Waals surface area contributed by atoms with E-state index in [4.69, 9.17) is 0 Å². The third kappa shape index (κ3) is 2.75. The highest BCUT2D eigenvalue weighted by molar-refractivity contribution is 7.13. The van der Waals surface area contributed by atoms with Gasteiger partial charge in [-0.3, -0.25) is 9.48 Å². The number of amides is 1. The highest BCUT2D eigenvalue weighted by Crippen LogP contribution is 2.28. The number of aromatic nitrogens is 4. The van der Waals surface area contributed by atoms with Gasteiger partial charge in [0.25, 0.3) is 5.91 Å². The molecule has 5 rings (SSSR count). The summed E-state index contributed by atoms with van der Waals surface area (Å²) in [6.07, 6.45) is 2.82. The molecule has 3 aromatic heterocycles. The molecule has 27 heavy (non-hydrogen) atoms.